The number of guanidine groups is 1. The van der Waals surface area contributed by atoms with Crippen molar-refractivity contribution in [1.82, 2.24) is 20.2 Å². The maximum Gasteiger partial charge on any atom is 0.231 e. The normalized spacial score (nSPS) is 12.4. The molecule has 7 nitrogen and oxygen atoms in total. The molecule has 0 spiro atoms. The number of aromatic nitrogens is 2. The number of halogens is 1. The van der Waals surface area contributed by atoms with Gasteiger partial charge in [-0.05, 0) is 35.7 Å². The first kappa shape index (κ1) is 21.0. The summed E-state index contributed by atoms with van der Waals surface area (Å²) < 4.78 is 12.8. The molecular formula is C21H24IN5O2. The predicted octanol–water partition coefficient (Wildman–Crippen LogP) is 3.13. The zero-order valence-electron chi connectivity index (χ0n) is 16.2. The molecule has 1 aliphatic rings. The summed E-state index contributed by atoms with van der Waals surface area (Å²) >= 11 is 0. The first-order chi connectivity index (χ1) is 13.8. The largest absolute Gasteiger partial charge is 0.454 e. The number of hydrogen-bond acceptors (Lipinski definition) is 4. The Kier molecular flexibility index (Phi) is 7.34. The van der Waals surface area contributed by atoms with Gasteiger partial charge >= 0.3 is 0 Å². The van der Waals surface area contributed by atoms with Gasteiger partial charge in [0, 0.05) is 32.5 Å². The van der Waals surface area contributed by atoms with Crippen LogP contribution in [0.25, 0.3) is 5.69 Å². The van der Waals surface area contributed by atoms with E-state index in [1.165, 1.54) is 11.1 Å². The maximum atomic E-state index is 5.43. The van der Waals surface area contributed by atoms with Gasteiger partial charge in [-0.15, -0.1) is 24.0 Å². The highest BCUT2D eigenvalue weighted by Gasteiger charge is 2.13. The lowest BCUT2D eigenvalue weighted by molar-refractivity contribution is 0.174. The predicted molar refractivity (Wildman–Crippen MR) is 123 cm³/mol. The molecule has 2 aromatic carbocycles. The zero-order chi connectivity index (χ0) is 19.2. The number of aliphatic imine (C=N–C) groups is 1. The van der Waals surface area contributed by atoms with Crippen LogP contribution in [0.2, 0.25) is 0 Å². The van der Waals surface area contributed by atoms with Crippen LogP contribution in [0.3, 0.4) is 0 Å². The molecule has 4 rings (SSSR count). The summed E-state index contributed by atoms with van der Waals surface area (Å²) in [5.41, 5.74) is 3.46. The molecule has 8 heteroatoms. The van der Waals surface area contributed by atoms with Crippen LogP contribution < -0.4 is 20.1 Å². The number of nitrogens with zero attached hydrogens (tertiary/aromatic N) is 3. The Morgan fingerprint density at radius 1 is 1.14 bits per heavy atom. The lowest BCUT2D eigenvalue weighted by Crippen LogP contribution is -2.38. The van der Waals surface area contributed by atoms with Crippen LogP contribution in [0.5, 0.6) is 11.5 Å². The molecule has 0 radical (unpaired) electrons. The molecule has 2 heterocycles. The van der Waals surface area contributed by atoms with Crippen molar-refractivity contribution in [3.05, 3.63) is 72.3 Å². The van der Waals surface area contributed by atoms with Crippen molar-refractivity contribution in [2.45, 2.75) is 13.0 Å². The summed E-state index contributed by atoms with van der Waals surface area (Å²) in [6.07, 6.45) is 6.39. The second-order valence-corrected chi connectivity index (χ2v) is 6.39. The van der Waals surface area contributed by atoms with Gasteiger partial charge in [-0.2, -0.15) is 0 Å². The van der Waals surface area contributed by atoms with E-state index in [9.17, 15) is 0 Å². The van der Waals surface area contributed by atoms with Gasteiger partial charge in [-0.3, -0.25) is 4.99 Å². The average Bonchev–Trinajstić information content (AvgIpc) is 3.42. The Morgan fingerprint density at radius 2 is 2.00 bits per heavy atom. The smallest absolute Gasteiger partial charge is 0.231 e. The SMILES string of the molecule is CN=C(NCCc1ccc2c(c1)OCO2)NCc1ccccc1-n1ccnc1.I. The van der Waals surface area contributed by atoms with Crippen LogP contribution >= 0.6 is 24.0 Å². The molecule has 0 saturated carbocycles. The van der Waals surface area contributed by atoms with E-state index in [0.29, 0.717) is 13.3 Å². The van der Waals surface area contributed by atoms with Crippen molar-refractivity contribution in [1.29, 1.82) is 0 Å². The van der Waals surface area contributed by atoms with E-state index >= 15 is 0 Å². The van der Waals surface area contributed by atoms with Crippen LogP contribution in [-0.4, -0.2) is 35.9 Å². The molecule has 1 aliphatic heterocycles. The van der Waals surface area contributed by atoms with Crippen molar-refractivity contribution in [3.63, 3.8) is 0 Å². The number of para-hydroxylation sites is 1. The van der Waals surface area contributed by atoms with Gasteiger partial charge < -0.3 is 24.7 Å². The molecule has 3 aromatic rings. The van der Waals surface area contributed by atoms with Gasteiger partial charge in [0.15, 0.2) is 17.5 Å². The van der Waals surface area contributed by atoms with Crippen molar-refractivity contribution < 1.29 is 9.47 Å². The maximum absolute atomic E-state index is 5.43. The molecule has 0 atom stereocenters. The Bertz CT molecular complexity index is 959. The highest BCUT2D eigenvalue weighted by Crippen LogP contribution is 2.32. The van der Waals surface area contributed by atoms with Crippen LogP contribution in [0.1, 0.15) is 11.1 Å². The molecule has 152 valence electrons. The van der Waals surface area contributed by atoms with Crippen molar-refractivity contribution in [2.75, 3.05) is 20.4 Å². The Labute approximate surface area is 187 Å². The molecule has 0 amide bonds. The van der Waals surface area contributed by atoms with Crippen LogP contribution in [0, 0.1) is 0 Å². The quantitative estimate of drug-likeness (QED) is 0.306. The second-order valence-electron chi connectivity index (χ2n) is 6.39. The summed E-state index contributed by atoms with van der Waals surface area (Å²) in [5, 5.41) is 6.73. The minimum Gasteiger partial charge on any atom is -0.454 e. The van der Waals surface area contributed by atoms with E-state index in [-0.39, 0.29) is 24.0 Å². The van der Waals surface area contributed by atoms with Gasteiger partial charge in [0.2, 0.25) is 6.79 Å². The number of benzene rings is 2. The van der Waals surface area contributed by atoms with Gasteiger partial charge in [-0.1, -0.05) is 24.3 Å². The second kappa shape index (κ2) is 10.1. The molecule has 2 N–H and O–H groups in total. The van der Waals surface area contributed by atoms with Gasteiger partial charge in [0.05, 0.1) is 12.0 Å². The fourth-order valence-electron chi connectivity index (χ4n) is 3.14. The number of imidazole rings is 1. The van der Waals surface area contributed by atoms with Crippen LogP contribution in [0.15, 0.2) is 66.2 Å². The third kappa shape index (κ3) is 5.20. The summed E-state index contributed by atoms with van der Waals surface area (Å²) in [4.78, 5) is 8.45. The van der Waals surface area contributed by atoms with Crippen molar-refractivity contribution in [2.24, 2.45) is 4.99 Å². The molecule has 0 fully saturated rings. The van der Waals surface area contributed by atoms with E-state index in [1.54, 1.807) is 19.6 Å². The zero-order valence-corrected chi connectivity index (χ0v) is 18.5. The highest BCUT2D eigenvalue weighted by atomic mass is 127. The third-order valence-electron chi connectivity index (χ3n) is 4.59. The number of fused-ring (bicyclic) bond motifs is 1. The first-order valence-electron chi connectivity index (χ1n) is 9.23. The Hall–Kier alpha value is -2.75. The molecule has 0 aliphatic carbocycles. The minimum atomic E-state index is 0. The number of rotatable bonds is 6. The Balaban J connectivity index is 0.00000240. The topological polar surface area (TPSA) is 72.7 Å². The molecule has 0 saturated heterocycles. The van der Waals surface area contributed by atoms with Crippen molar-refractivity contribution in [3.8, 4) is 17.2 Å². The van der Waals surface area contributed by atoms with Crippen LogP contribution in [-0.2, 0) is 13.0 Å². The fraction of sp³-hybridized carbons (Fsp3) is 0.238. The van der Waals surface area contributed by atoms with Crippen molar-refractivity contribution >= 4 is 29.9 Å². The van der Waals surface area contributed by atoms with E-state index in [1.807, 2.05) is 35.0 Å². The molecule has 29 heavy (non-hydrogen) atoms. The number of hydrogen-bond donors (Lipinski definition) is 2. The average molecular weight is 505 g/mol. The lowest BCUT2D eigenvalue weighted by Gasteiger charge is -2.14. The number of ether oxygens (including phenoxy) is 2. The molecule has 0 unspecified atom stereocenters. The first-order valence-corrected chi connectivity index (χ1v) is 9.23. The minimum absolute atomic E-state index is 0. The van der Waals surface area contributed by atoms with Gasteiger partial charge in [-0.25, -0.2) is 4.98 Å². The number of nitrogens with one attached hydrogen (secondary N) is 2. The van der Waals surface area contributed by atoms with E-state index in [2.05, 4.69) is 38.8 Å². The highest BCUT2D eigenvalue weighted by molar-refractivity contribution is 14.0. The van der Waals surface area contributed by atoms with E-state index < -0.39 is 0 Å². The van der Waals surface area contributed by atoms with E-state index in [4.69, 9.17) is 9.47 Å². The summed E-state index contributed by atoms with van der Waals surface area (Å²) in [7, 11) is 1.78. The molecule has 0 bridgehead atoms. The van der Waals surface area contributed by atoms with Crippen LogP contribution in [0.4, 0.5) is 0 Å². The van der Waals surface area contributed by atoms with Gasteiger partial charge in [0.25, 0.3) is 0 Å². The fourth-order valence-corrected chi connectivity index (χ4v) is 3.14. The summed E-state index contributed by atoms with van der Waals surface area (Å²) in [5.74, 6) is 2.39. The summed E-state index contributed by atoms with van der Waals surface area (Å²) in [6.45, 7) is 1.73. The lowest BCUT2D eigenvalue weighted by atomic mass is 10.1. The summed E-state index contributed by atoms with van der Waals surface area (Å²) in [6, 6.07) is 14.3. The van der Waals surface area contributed by atoms with Gasteiger partial charge in [0.1, 0.15) is 0 Å². The monoisotopic (exact) mass is 505 g/mol. The standard InChI is InChI=1S/C21H23N5O2.HI/c1-22-21(24-9-8-16-6-7-19-20(12-16)28-15-27-19)25-13-17-4-2-3-5-18(17)26-11-10-23-14-26;/h2-7,10-12,14H,8-9,13,15H2,1H3,(H2,22,24,25);1H. The van der Waals surface area contributed by atoms with E-state index in [0.717, 1.165) is 36.1 Å². The molecule has 1 aromatic heterocycles. The third-order valence-corrected chi connectivity index (χ3v) is 4.59. The molecular weight excluding hydrogens is 481 g/mol. The Morgan fingerprint density at radius 3 is 2.83 bits per heavy atom.